The van der Waals surface area contributed by atoms with Gasteiger partial charge in [-0.1, -0.05) is 17.7 Å². The summed E-state index contributed by atoms with van der Waals surface area (Å²) in [4.78, 5) is 22.4. The van der Waals surface area contributed by atoms with Gasteiger partial charge in [0.1, 0.15) is 4.90 Å². The van der Waals surface area contributed by atoms with Gasteiger partial charge in [-0.3, -0.25) is 14.9 Å². The summed E-state index contributed by atoms with van der Waals surface area (Å²) in [7, 11) is -3.77. The van der Waals surface area contributed by atoms with Crippen LogP contribution in [0.15, 0.2) is 35.2 Å². The third kappa shape index (κ3) is 4.03. The number of amides is 1. The predicted octanol–water partition coefficient (Wildman–Crippen LogP) is 3.18. The number of anilines is 1. The summed E-state index contributed by atoms with van der Waals surface area (Å²) in [5.74, 6) is -0.543. The lowest BCUT2D eigenvalue weighted by Gasteiger charge is -2.13. The molecular formula is C17H18N2O5S. The Labute approximate surface area is 145 Å². The van der Waals surface area contributed by atoms with Crippen molar-refractivity contribution < 1.29 is 18.1 Å². The Bertz CT molecular complexity index is 958. The van der Waals surface area contributed by atoms with Crippen molar-refractivity contribution in [2.45, 2.75) is 25.7 Å². The first-order valence-electron chi connectivity index (χ1n) is 7.38. The van der Waals surface area contributed by atoms with Crippen molar-refractivity contribution in [3.05, 3.63) is 62.7 Å². The number of sulfone groups is 1. The number of nitrogens with one attached hydrogen (secondary N) is 1. The lowest BCUT2D eigenvalue weighted by molar-refractivity contribution is -0.387. The highest BCUT2D eigenvalue weighted by atomic mass is 32.2. The Morgan fingerprint density at radius 1 is 1.08 bits per heavy atom. The van der Waals surface area contributed by atoms with E-state index in [0.29, 0.717) is 5.69 Å². The minimum Gasteiger partial charge on any atom is -0.321 e. The van der Waals surface area contributed by atoms with E-state index in [1.165, 1.54) is 6.07 Å². The van der Waals surface area contributed by atoms with Gasteiger partial charge >= 0.3 is 0 Å². The van der Waals surface area contributed by atoms with Crippen molar-refractivity contribution in [3.63, 3.8) is 0 Å². The molecule has 0 spiro atoms. The average Bonchev–Trinajstić information content (AvgIpc) is 2.49. The monoisotopic (exact) mass is 362 g/mol. The molecule has 0 heterocycles. The molecule has 0 atom stereocenters. The summed E-state index contributed by atoms with van der Waals surface area (Å²) in [6, 6.07) is 7.15. The molecule has 0 aromatic heterocycles. The maximum atomic E-state index is 12.5. The first-order chi connectivity index (χ1) is 11.5. The summed E-state index contributed by atoms with van der Waals surface area (Å²) < 4.78 is 23.3. The first-order valence-corrected chi connectivity index (χ1v) is 9.27. The standard InChI is InChI=1S/C17H18N2O5S/c1-10-7-11(2)16(12(3)8-10)18-17(20)13-5-6-15(25(4,23)24)14(9-13)19(21)22/h5-9H,1-4H3,(H,18,20). The fourth-order valence-corrected chi connectivity index (χ4v) is 3.51. The Kier molecular flexibility index (Phi) is 4.94. The zero-order valence-electron chi connectivity index (χ0n) is 14.3. The molecule has 1 N–H and O–H groups in total. The highest BCUT2D eigenvalue weighted by Crippen LogP contribution is 2.27. The maximum absolute atomic E-state index is 12.5. The van der Waals surface area contributed by atoms with Crippen LogP contribution in [0.3, 0.4) is 0 Å². The van der Waals surface area contributed by atoms with E-state index in [0.717, 1.165) is 35.1 Å². The van der Waals surface area contributed by atoms with Gasteiger partial charge in [0.05, 0.1) is 4.92 Å². The summed E-state index contributed by atoms with van der Waals surface area (Å²) in [6.45, 7) is 5.65. The molecule has 1 amide bonds. The van der Waals surface area contributed by atoms with Gasteiger partial charge in [0.15, 0.2) is 9.84 Å². The molecular weight excluding hydrogens is 344 g/mol. The van der Waals surface area contributed by atoms with Crippen LogP contribution in [0, 0.1) is 30.9 Å². The van der Waals surface area contributed by atoms with Gasteiger partial charge in [0.2, 0.25) is 0 Å². The number of nitro benzene ring substituents is 1. The van der Waals surface area contributed by atoms with E-state index < -0.39 is 31.3 Å². The highest BCUT2D eigenvalue weighted by molar-refractivity contribution is 7.90. The highest BCUT2D eigenvalue weighted by Gasteiger charge is 2.24. The first kappa shape index (κ1) is 18.6. The largest absolute Gasteiger partial charge is 0.321 e. The van der Waals surface area contributed by atoms with Crippen molar-refractivity contribution in [1.82, 2.24) is 0 Å². The van der Waals surface area contributed by atoms with Crippen LogP contribution in [-0.2, 0) is 9.84 Å². The van der Waals surface area contributed by atoms with E-state index in [2.05, 4.69) is 5.32 Å². The molecule has 2 aromatic rings. The summed E-state index contributed by atoms with van der Waals surface area (Å²) in [5.41, 5.74) is 2.82. The van der Waals surface area contributed by atoms with Crippen LogP contribution in [-0.4, -0.2) is 25.5 Å². The number of benzene rings is 2. The van der Waals surface area contributed by atoms with Crippen molar-refractivity contribution in [2.24, 2.45) is 0 Å². The average molecular weight is 362 g/mol. The Morgan fingerprint density at radius 2 is 1.64 bits per heavy atom. The molecule has 2 rings (SSSR count). The molecule has 0 saturated heterocycles. The Balaban J connectivity index is 2.45. The molecule has 132 valence electrons. The van der Waals surface area contributed by atoms with E-state index in [1.807, 2.05) is 32.9 Å². The fraction of sp³-hybridized carbons (Fsp3) is 0.235. The van der Waals surface area contributed by atoms with Crippen molar-refractivity contribution in [1.29, 1.82) is 0 Å². The van der Waals surface area contributed by atoms with Crippen molar-refractivity contribution in [3.8, 4) is 0 Å². The van der Waals surface area contributed by atoms with Gasteiger partial charge in [-0.2, -0.15) is 0 Å². The zero-order valence-corrected chi connectivity index (χ0v) is 15.1. The van der Waals surface area contributed by atoms with Gasteiger partial charge < -0.3 is 5.32 Å². The van der Waals surface area contributed by atoms with E-state index in [4.69, 9.17) is 0 Å². The number of aryl methyl sites for hydroxylation is 3. The number of nitro groups is 1. The second-order valence-corrected chi connectivity index (χ2v) is 7.92. The van der Waals surface area contributed by atoms with E-state index >= 15 is 0 Å². The minimum atomic E-state index is -3.77. The third-order valence-corrected chi connectivity index (χ3v) is 4.88. The molecule has 0 aliphatic carbocycles. The van der Waals surface area contributed by atoms with Crippen molar-refractivity contribution in [2.75, 3.05) is 11.6 Å². The molecule has 25 heavy (non-hydrogen) atoms. The molecule has 0 aliphatic heterocycles. The molecule has 8 heteroatoms. The van der Waals surface area contributed by atoms with Crippen LogP contribution < -0.4 is 5.32 Å². The number of hydrogen-bond donors (Lipinski definition) is 1. The molecule has 0 saturated carbocycles. The number of hydrogen-bond acceptors (Lipinski definition) is 5. The van der Waals surface area contributed by atoms with Gasteiger partial charge in [0, 0.05) is 23.6 Å². The van der Waals surface area contributed by atoms with Gasteiger partial charge in [0.25, 0.3) is 11.6 Å². The van der Waals surface area contributed by atoms with Gasteiger partial charge in [-0.15, -0.1) is 0 Å². The van der Waals surface area contributed by atoms with Crippen LogP contribution in [0.1, 0.15) is 27.0 Å². The second-order valence-electron chi connectivity index (χ2n) is 5.94. The topological polar surface area (TPSA) is 106 Å². The van der Waals surface area contributed by atoms with Gasteiger partial charge in [-0.05, 0) is 44.0 Å². The molecule has 0 bridgehead atoms. The van der Waals surface area contributed by atoms with E-state index in [-0.39, 0.29) is 5.56 Å². The maximum Gasteiger partial charge on any atom is 0.288 e. The summed E-state index contributed by atoms with van der Waals surface area (Å²) in [6.07, 6.45) is 0.883. The lowest BCUT2D eigenvalue weighted by Crippen LogP contribution is -2.15. The number of carbonyl (C=O) groups is 1. The quantitative estimate of drug-likeness (QED) is 0.664. The van der Waals surface area contributed by atoms with Gasteiger partial charge in [-0.25, -0.2) is 8.42 Å². The third-order valence-electron chi connectivity index (χ3n) is 3.73. The molecule has 2 aromatic carbocycles. The summed E-state index contributed by atoms with van der Waals surface area (Å²) in [5, 5.41) is 13.9. The summed E-state index contributed by atoms with van der Waals surface area (Å²) >= 11 is 0. The number of nitrogens with zero attached hydrogens (tertiary/aromatic N) is 1. The minimum absolute atomic E-state index is 0.0125. The fourth-order valence-electron chi connectivity index (χ4n) is 2.68. The molecule has 0 unspecified atom stereocenters. The van der Waals surface area contributed by atoms with Crippen molar-refractivity contribution >= 4 is 27.1 Å². The molecule has 0 aliphatic rings. The van der Waals surface area contributed by atoms with Crippen LogP contribution in [0.5, 0.6) is 0 Å². The van der Waals surface area contributed by atoms with Crippen LogP contribution >= 0.6 is 0 Å². The SMILES string of the molecule is Cc1cc(C)c(NC(=O)c2ccc(S(C)(=O)=O)c([N+](=O)[O-])c2)c(C)c1. The predicted molar refractivity (Wildman–Crippen MR) is 94.8 cm³/mol. The second kappa shape index (κ2) is 6.64. The van der Waals surface area contributed by atoms with Crippen LogP contribution in [0.25, 0.3) is 0 Å². The Hall–Kier alpha value is -2.74. The molecule has 7 nitrogen and oxygen atoms in total. The number of carbonyl (C=O) groups excluding carboxylic acids is 1. The normalized spacial score (nSPS) is 11.2. The van der Waals surface area contributed by atoms with Crippen LogP contribution in [0.4, 0.5) is 11.4 Å². The van der Waals surface area contributed by atoms with E-state index in [9.17, 15) is 23.3 Å². The molecule has 0 fully saturated rings. The molecule has 0 radical (unpaired) electrons. The smallest absolute Gasteiger partial charge is 0.288 e. The van der Waals surface area contributed by atoms with E-state index in [1.54, 1.807) is 0 Å². The lowest BCUT2D eigenvalue weighted by atomic mass is 10.0. The number of rotatable bonds is 4. The van der Waals surface area contributed by atoms with Crippen LogP contribution in [0.2, 0.25) is 0 Å². The zero-order chi connectivity index (χ0) is 18.9. The Morgan fingerprint density at radius 3 is 2.12 bits per heavy atom.